The molecule has 1 aliphatic rings. The first kappa shape index (κ1) is 16.7. The molecule has 2 aromatic rings. The second kappa shape index (κ2) is 8.12. The molecule has 3 rings (SSSR count). The molecule has 0 radical (unpaired) electrons. The Kier molecular flexibility index (Phi) is 5.91. The molecule has 1 aliphatic carbocycles. The Morgan fingerprint density at radius 2 is 1.57 bits per heavy atom. The number of hydrogen-bond donors (Lipinski definition) is 0. The minimum absolute atomic E-state index is 0.313. The summed E-state index contributed by atoms with van der Waals surface area (Å²) in [5, 5.41) is 2.30. The van der Waals surface area contributed by atoms with E-state index in [-0.39, 0.29) is 0 Å². The third kappa shape index (κ3) is 4.68. The minimum atomic E-state index is 0.313. The fourth-order valence-corrected chi connectivity index (χ4v) is 5.39. The Morgan fingerprint density at radius 1 is 0.913 bits per heavy atom. The van der Waals surface area contributed by atoms with Crippen molar-refractivity contribution >= 4 is 23.5 Å². The molecule has 0 aromatic heterocycles. The molecule has 0 aliphatic heterocycles. The van der Waals surface area contributed by atoms with Crippen LogP contribution in [0.25, 0.3) is 0 Å². The first-order chi connectivity index (χ1) is 11.3. The van der Waals surface area contributed by atoms with Crippen molar-refractivity contribution in [2.24, 2.45) is 5.92 Å². The van der Waals surface area contributed by atoms with Gasteiger partial charge in [0.25, 0.3) is 0 Å². The molecular formula is C21H24S2. The van der Waals surface area contributed by atoms with E-state index in [1.807, 2.05) is 11.8 Å². The van der Waals surface area contributed by atoms with Crippen molar-refractivity contribution in [3.63, 3.8) is 0 Å². The van der Waals surface area contributed by atoms with Gasteiger partial charge < -0.3 is 0 Å². The van der Waals surface area contributed by atoms with E-state index in [1.54, 1.807) is 0 Å². The summed E-state index contributed by atoms with van der Waals surface area (Å²) in [6.45, 7) is 2.45. The average molecular weight is 341 g/mol. The van der Waals surface area contributed by atoms with Gasteiger partial charge in [0.1, 0.15) is 0 Å². The lowest BCUT2D eigenvalue weighted by Gasteiger charge is -2.39. The van der Waals surface area contributed by atoms with Gasteiger partial charge in [0.2, 0.25) is 0 Å². The lowest BCUT2D eigenvalue weighted by atomic mass is 9.80. The van der Waals surface area contributed by atoms with Gasteiger partial charge in [-0.25, -0.2) is 0 Å². The predicted molar refractivity (Wildman–Crippen MR) is 104 cm³/mol. The van der Waals surface area contributed by atoms with Crippen molar-refractivity contribution in [1.82, 2.24) is 0 Å². The Morgan fingerprint density at radius 3 is 2.26 bits per heavy atom. The van der Waals surface area contributed by atoms with Crippen molar-refractivity contribution in [3.8, 4) is 0 Å². The lowest BCUT2D eigenvalue weighted by molar-refractivity contribution is 0.342. The fraction of sp³-hybridized carbons (Fsp3) is 0.333. The third-order valence-corrected chi connectivity index (χ3v) is 6.89. The van der Waals surface area contributed by atoms with Crippen LogP contribution in [0.2, 0.25) is 0 Å². The van der Waals surface area contributed by atoms with Gasteiger partial charge in [0.05, 0.1) is 0 Å². The standard InChI is InChI=1S/C21H24S2/c1-21(23-20-13-6-3-7-14-20)16-9-8-10-18(21)15-17-22-19-11-4-2-5-12-19/h2-7,11-15,17-18H,8-10,16H2,1H3/b17-15+. The first-order valence-electron chi connectivity index (χ1n) is 8.39. The molecule has 23 heavy (non-hydrogen) atoms. The van der Waals surface area contributed by atoms with E-state index < -0.39 is 0 Å². The van der Waals surface area contributed by atoms with E-state index in [0.717, 1.165) is 0 Å². The molecule has 2 unspecified atom stereocenters. The molecule has 1 saturated carbocycles. The number of benzene rings is 2. The largest absolute Gasteiger partial charge is 0.119 e. The summed E-state index contributed by atoms with van der Waals surface area (Å²) in [5.41, 5.74) is 0. The Labute approximate surface area is 148 Å². The van der Waals surface area contributed by atoms with Gasteiger partial charge in [0, 0.05) is 14.5 Å². The zero-order valence-electron chi connectivity index (χ0n) is 13.7. The fourth-order valence-electron chi connectivity index (χ4n) is 3.23. The SMILES string of the molecule is CC1(Sc2ccccc2)CCCCC1/C=C/Sc1ccccc1. The second-order valence-electron chi connectivity index (χ2n) is 6.34. The van der Waals surface area contributed by atoms with Crippen LogP contribution in [0, 0.1) is 5.92 Å². The van der Waals surface area contributed by atoms with Crippen molar-refractivity contribution in [3.05, 3.63) is 72.1 Å². The van der Waals surface area contributed by atoms with Crippen LogP contribution in [0.4, 0.5) is 0 Å². The van der Waals surface area contributed by atoms with Crippen LogP contribution >= 0.6 is 23.5 Å². The summed E-state index contributed by atoms with van der Waals surface area (Å²) in [4.78, 5) is 2.71. The van der Waals surface area contributed by atoms with Crippen LogP contribution in [0.5, 0.6) is 0 Å². The number of thioether (sulfide) groups is 2. The molecule has 1 fully saturated rings. The number of allylic oxidation sites excluding steroid dienone is 1. The summed E-state index contributed by atoms with van der Waals surface area (Å²) < 4.78 is 0.313. The van der Waals surface area contributed by atoms with Gasteiger partial charge in [-0.05, 0) is 55.4 Å². The van der Waals surface area contributed by atoms with E-state index >= 15 is 0 Å². The Hall–Kier alpha value is -1.12. The van der Waals surface area contributed by atoms with Crippen LogP contribution in [-0.4, -0.2) is 4.75 Å². The minimum Gasteiger partial charge on any atom is -0.119 e. The monoisotopic (exact) mass is 340 g/mol. The molecule has 2 heteroatoms. The highest BCUT2D eigenvalue weighted by Crippen LogP contribution is 2.47. The zero-order chi connectivity index (χ0) is 16.0. The first-order valence-corrected chi connectivity index (χ1v) is 10.1. The van der Waals surface area contributed by atoms with Gasteiger partial charge in [0.15, 0.2) is 0 Å². The molecule has 0 N–H and O–H groups in total. The maximum Gasteiger partial charge on any atom is 0.0241 e. The summed E-state index contributed by atoms with van der Waals surface area (Å²) >= 11 is 3.89. The lowest BCUT2D eigenvalue weighted by Crippen LogP contribution is -2.33. The summed E-state index contributed by atoms with van der Waals surface area (Å²) in [6, 6.07) is 21.5. The van der Waals surface area contributed by atoms with Crippen molar-refractivity contribution < 1.29 is 0 Å². The molecule has 2 aromatic carbocycles. The molecule has 0 saturated heterocycles. The average Bonchev–Trinajstić information content (AvgIpc) is 2.58. The van der Waals surface area contributed by atoms with Crippen LogP contribution < -0.4 is 0 Å². The van der Waals surface area contributed by atoms with E-state index in [0.29, 0.717) is 10.7 Å². The zero-order valence-corrected chi connectivity index (χ0v) is 15.3. The Bertz CT molecular complexity index is 621. The van der Waals surface area contributed by atoms with Crippen LogP contribution in [-0.2, 0) is 0 Å². The number of hydrogen-bond acceptors (Lipinski definition) is 2. The second-order valence-corrected chi connectivity index (χ2v) is 8.93. The van der Waals surface area contributed by atoms with Gasteiger partial charge in [-0.1, -0.05) is 67.1 Å². The summed E-state index contributed by atoms with van der Waals surface area (Å²) in [7, 11) is 0. The topological polar surface area (TPSA) is 0 Å². The van der Waals surface area contributed by atoms with E-state index in [9.17, 15) is 0 Å². The Balaban J connectivity index is 1.68. The molecule has 0 nitrogen and oxygen atoms in total. The van der Waals surface area contributed by atoms with Crippen LogP contribution in [0.1, 0.15) is 32.6 Å². The smallest absolute Gasteiger partial charge is 0.0241 e. The maximum atomic E-state index is 2.45. The molecule has 0 bridgehead atoms. The molecule has 0 heterocycles. The number of rotatable bonds is 5. The third-order valence-electron chi connectivity index (χ3n) is 4.58. The van der Waals surface area contributed by atoms with Crippen molar-refractivity contribution in [1.29, 1.82) is 0 Å². The quantitative estimate of drug-likeness (QED) is 0.536. The molecule has 0 amide bonds. The maximum absolute atomic E-state index is 2.45. The van der Waals surface area contributed by atoms with Crippen LogP contribution in [0.15, 0.2) is 81.9 Å². The van der Waals surface area contributed by atoms with Gasteiger partial charge in [-0.15, -0.1) is 11.8 Å². The molecule has 0 spiro atoms. The van der Waals surface area contributed by atoms with Crippen LogP contribution in [0.3, 0.4) is 0 Å². The normalized spacial score (nSPS) is 24.8. The predicted octanol–water partition coefficient (Wildman–Crippen LogP) is 7.03. The van der Waals surface area contributed by atoms with Crippen molar-refractivity contribution in [2.45, 2.75) is 47.1 Å². The highest BCUT2D eigenvalue weighted by atomic mass is 32.2. The van der Waals surface area contributed by atoms with E-state index in [4.69, 9.17) is 0 Å². The molecule has 2 atom stereocenters. The molecular weight excluding hydrogens is 316 g/mol. The van der Waals surface area contributed by atoms with E-state index in [2.05, 4.69) is 90.8 Å². The highest BCUT2D eigenvalue weighted by molar-refractivity contribution is 8.02. The van der Waals surface area contributed by atoms with Crippen molar-refractivity contribution in [2.75, 3.05) is 0 Å². The van der Waals surface area contributed by atoms with E-state index in [1.165, 1.54) is 35.5 Å². The van der Waals surface area contributed by atoms with Gasteiger partial charge in [-0.3, -0.25) is 0 Å². The van der Waals surface area contributed by atoms with Gasteiger partial charge >= 0.3 is 0 Å². The summed E-state index contributed by atoms with van der Waals surface area (Å²) in [6.07, 6.45) is 7.77. The highest BCUT2D eigenvalue weighted by Gasteiger charge is 2.35. The molecule has 120 valence electrons. The van der Waals surface area contributed by atoms with Gasteiger partial charge in [-0.2, -0.15) is 0 Å². The summed E-state index contributed by atoms with van der Waals surface area (Å²) in [5.74, 6) is 0.651.